The number of carboxylic acid groups (broad SMARTS) is 1. The van der Waals surface area contributed by atoms with Gasteiger partial charge in [0.05, 0.1) is 18.0 Å². The summed E-state index contributed by atoms with van der Waals surface area (Å²) in [6.07, 6.45) is 1.68. The molecule has 1 aromatic heterocycles. The van der Waals surface area contributed by atoms with Crippen LogP contribution in [0.4, 0.5) is 8.78 Å². The minimum atomic E-state index is -0.959. The second-order valence-electron chi connectivity index (χ2n) is 4.21. The third-order valence-electron chi connectivity index (χ3n) is 2.53. The molecule has 0 aliphatic carbocycles. The first kappa shape index (κ1) is 14.5. The van der Waals surface area contributed by atoms with Gasteiger partial charge in [-0.1, -0.05) is 11.8 Å². The second kappa shape index (κ2) is 6.04. The van der Waals surface area contributed by atoms with E-state index in [4.69, 9.17) is 5.11 Å². The summed E-state index contributed by atoms with van der Waals surface area (Å²) in [7, 11) is 0. The third kappa shape index (κ3) is 3.57. The van der Waals surface area contributed by atoms with Crippen molar-refractivity contribution in [3.05, 3.63) is 47.3 Å². The summed E-state index contributed by atoms with van der Waals surface area (Å²) in [5, 5.41) is 9.14. The number of aryl methyl sites for hydroxylation is 1. The Bertz CT molecular complexity index is 643. The van der Waals surface area contributed by atoms with Gasteiger partial charge < -0.3 is 9.67 Å². The Morgan fingerprint density at radius 3 is 2.90 bits per heavy atom. The number of hydrogen-bond acceptors (Lipinski definition) is 3. The first-order chi connectivity index (χ1) is 9.45. The summed E-state index contributed by atoms with van der Waals surface area (Å²) in [4.78, 5) is 14.8. The van der Waals surface area contributed by atoms with Crippen molar-refractivity contribution in [3.8, 4) is 0 Å². The molecule has 0 fully saturated rings. The predicted octanol–water partition coefficient (Wildman–Crippen LogP) is 2.69. The second-order valence-corrected chi connectivity index (χ2v) is 5.15. The molecular weight excluding hydrogens is 286 g/mol. The topological polar surface area (TPSA) is 55.1 Å². The van der Waals surface area contributed by atoms with Crippen LogP contribution in [0.2, 0.25) is 0 Å². The van der Waals surface area contributed by atoms with E-state index in [-0.39, 0.29) is 17.9 Å². The van der Waals surface area contributed by atoms with E-state index in [0.29, 0.717) is 10.9 Å². The first-order valence-electron chi connectivity index (χ1n) is 5.78. The zero-order chi connectivity index (χ0) is 14.7. The minimum Gasteiger partial charge on any atom is -0.481 e. The van der Waals surface area contributed by atoms with E-state index in [0.717, 1.165) is 30.0 Å². The molecule has 0 saturated carbocycles. The van der Waals surface area contributed by atoms with Gasteiger partial charge >= 0.3 is 5.97 Å². The van der Waals surface area contributed by atoms with Gasteiger partial charge in [0.1, 0.15) is 11.6 Å². The van der Waals surface area contributed by atoms with Gasteiger partial charge in [-0.15, -0.1) is 0 Å². The van der Waals surface area contributed by atoms with E-state index in [1.807, 2.05) is 0 Å². The molecule has 0 atom stereocenters. The van der Waals surface area contributed by atoms with Crippen LogP contribution < -0.4 is 0 Å². The molecule has 1 heterocycles. The summed E-state index contributed by atoms with van der Waals surface area (Å²) in [6, 6.07) is 3.24. The van der Waals surface area contributed by atoms with Crippen LogP contribution in [0.1, 0.15) is 11.3 Å². The van der Waals surface area contributed by atoms with Crippen LogP contribution in [-0.4, -0.2) is 26.4 Å². The van der Waals surface area contributed by atoms with Crippen LogP contribution in [0, 0.1) is 18.6 Å². The molecule has 0 radical (unpaired) electrons. The van der Waals surface area contributed by atoms with Crippen LogP contribution >= 0.6 is 11.8 Å². The van der Waals surface area contributed by atoms with Crippen LogP contribution in [0.25, 0.3) is 0 Å². The van der Waals surface area contributed by atoms with Gasteiger partial charge in [-0.2, -0.15) is 0 Å². The number of benzene rings is 1. The maximum Gasteiger partial charge on any atom is 0.313 e. The minimum absolute atomic E-state index is 0.104. The number of halogens is 2. The fraction of sp³-hybridized carbons (Fsp3) is 0.231. The number of hydrogen-bond donors (Lipinski definition) is 1. The highest BCUT2D eigenvalue weighted by Crippen LogP contribution is 2.20. The highest BCUT2D eigenvalue weighted by Gasteiger charge is 2.11. The van der Waals surface area contributed by atoms with E-state index in [1.165, 1.54) is 0 Å². The van der Waals surface area contributed by atoms with Crippen molar-refractivity contribution in [2.24, 2.45) is 0 Å². The lowest BCUT2D eigenvalue weighted by atomic mass is 10.2. The SMILES string of the molecule is Cc1cn(Cc2cc(F)ccc2F)c(SCC(=O)O)n1. The molecule has 4 nitrogen and oxygen atoms in total. The van der Waals surface area contributed by atoms with Crippen molar-refractivity contribution in [2.75, 3.05) is 5.75 Å². The molecule has 0 aliphatic rings. The van der Waals surface area contributed by atoms with Gasteiger partial charge in [0, 0.05) is 11.8 Å². The van der Waals surface area contributed by atoms with Crippen LogP contribution in [0.15, 0.2) is 29.6 Å². The maximum atomic E-state index is 13.6. The predicted molar refractivity (Wildman–Crippen MR) is 70.8 cm³/mol. The van der Waals surface area contributed by atoms with E-state index in [9.17, 15) is 13.6 Å². The number of carboxylic acids is 1. The highest BCUT2D eigenvalue weighted by atomic mass is 32.2. The van der Waals surface area contributed by atoms with E-state index in [2.05, 4.69) is 4.98 Å². The van der Waals surface area contributed by atoms with Gasteiger partial charge in [-0.25, -0.2) is 13.8 Å². The van der Waals surface area contributed by atoms with E-state index < -0.39 is 17.6 Å². The van der Waals surface area contributed by atoms with E-state index in [1.54, 1.807) is 17.7 Å². The summed E-state index contributed by atoms with van der Waals surface area (Å²) < 4.78 is 28.4. The molecule has 0 spiro atoms. The molecule has 7 heteroatoms. The molecule has 0 bridgehead atoms. The zero-order valence-corrected chi connectivity index (χ0v) is 11.5. The molecule has 106 valence electrons. The molecule has 0 saturated heterocycles. The molecule has 0 aliphatic heterocycles. The maximum absolute atomic E-state index is 13.6. The summed E-state index contributed by atoms with van der Waals surface area (Å²) >= 11 is 1.04. The Morgan fingerprint density at radius 2 is 2.20 bits per heavy atom. The molecule has 0 amide bonds. The number of carbonyl (C=O) groups is 1. The Morgan fingerprint density at radius 1 is 1.45 bits per heavy atom. The largest absolute Gasteiger partial charge is 0.481 e. The number of nitrogens with zero attached hydrogens (tertiary/aromatic N) is 2. The Hall–Kier alpha value is -1.89. The molecular formula is C13H12F2N2O2S. The Labute approximate surface area is 118 Å². The summed E-state index contributed by atoms with van der Waals surface area (Å²) in [5.41, 5.74) is 0.884. The molecule has 2 rings (SSSR count). The highest BCUT2D eigenvalue weighted by molar-refractivity contribution is 7.99. The van der Waals surface area contributed by atoms with Gasteiger partial charge in [-0.3, -0.25) is 4.79 Å². The van der Waals surface area contributed by atoms with Gasteiger partial charge in [0.25, 0.3) is 0 Å². The van der Waals surface area contributed by atoms with Gasteiger partial charge in [-0.05, 0) is 25.1 Å². The van der Waals surface area contributed by atoms with Crippen molar-refractivity contribution in [3.63, 3.8) is 0 Å². The van der Waals surface area contributed by atoms with Gasteiger partial charge in [0.2, 0.25) is 0 Å². The van der Waals surface area contributed by atoms with Crippen molar-refractivity contribution in [2.45, 2.75) is 18.6 Å². The van der Waals surface area contributed by atoms with Crippen LogP contribution in [0.5, 0.6) is 0 Å². The lowest BCUT2D eigenvalue weighted by Gasteiger charge is -2.08. The number of rotatable bonds is 5. The summed E-state index contributed by atoms with van der Waals surface area (Å²) in [5.74, 6) is -2.12. The fourth-order valence-corrected chi connectivity index (χ4v) is 2.47. The number of imidazole rings is 1. The third-order valence-corrected chi connectivity index (χ3v) is 3.51. The van der Waals surface area contributed by atoms with Crippen LogP contribution in [-0.2, 0) is 11.3 Å². The smallest absolute Gasteiger partial charge is 0.313 e. The van der Waals surface area contributed by atoms with Crippen LogP contribution in [0.3, 0.4) is 0 Å². The molecule has 1 aromatic carbocycles. The molecule has 0 unspecified atom stereocenters. The average Bonchev–Trinajstić information content (AvgIpc) is 2.71. The average molecular weight is 298 g/mol. The summed E-state index contributed by atoms with van der Waals surface area (Å²) in [6.45, 7) is 1.86. The Kier molecular flexibility index (Phi) is 4.39. The lowest BCUT2D eigenvalue weighted by molar-refractivity contribution is -0.133. The standard InChI is InChI=1S/C13H12F2N2O2S/c1-8-5-17(13(16-8)20-7-12(18)19)6-9-4-10(14)2-3-11(9)15/h2-5H,6-7H2,1H3,(H,18,19). The lowest BCUT2D eigenvalue weighted by Crippen LogP contribution is -2.05. The first-order valence-corrected chi connectivity index (χ1v) is 6.76. The number of aromatic nitrogens is 2. The molecule has 20 heavy (non-hydrogen) atoms. The Balaban J connectivity index is 2.24. The monoisotopic (exact) mass is 298 g/mol. The van der Waals surface area contributed by atoms with Crippen molar-refractivity contribution < 1.29 is 18.7 Å². The van der Waals surface area contributed by atoms with Crippen molar-refractivity contribution >= 4 is 17.7 Å². The van der Waals surface area contributed by atoms with Crippen molar-refractivity contribution in [1.82, 2.24) is 9.55 Å². The van der Waals surface area contributed by atoms with E-state index >= 15 is 0 Å². The molecule has 1 N–H and O–H groups in total. The molecule has 2 aromatic rings. The quantitative estimate of drug-likeness (QED) is 0.862. The van der Waals surface area contributed by atoms with Gasteiger partial charge in [0.15, 0.2) is 5.16 Å². The van der Waals surface area contributed by atoms with Crippen molar-refractivity contribution in [1.29, 1.82) is 0 Å². The normalized spacial score (nSPS) is 10.8. The fourth-order valence-electron chi connectivity index (χ4n) is 1.73. The zero-order valence-electron chi connectivity index (χ0n) is 10.6. The number of thioether (sulfide) groups is 1. The number of aliphatic carboxylic acids is 1.